The van der Waals surface area contributed by atoms with Crippen molar-refractivity contribution < 1.29 is 9.59 Å². The zero-order valence-electron chi connectivity index (χ0n) is 10.9. The first kappa shape index (κ1) is 15.9. The van der Waals surface area contributed by atoms with Crippen LogP contribution in [0.5, 0.6) is 0 Å². The molecule has 4 N–H and O–H groups in total. The Hall–Kier alpha value is -1.10. The number of carbonyl (C=O) groups excluding carboxylic acids is 2. The van der Waals surface area contributed by atoms with E-state index in [9.17, 15) is 9.59 Å². The van der Waals surface area contributed by atoms with Crippen LogP contribution >= 0.6 is 0 Å². The van der Waals surface area contributed by atoms with Crippen LogP contribution in [-0.2, 0) is 9.59 Å². The Morgan fingerprint density at radius 1 is 1.29 bits per heavy atom. The lowest BCUT2D eigenvalue weighted by molar-refractivity contribution is -0.138. The Kier molecular flexibility index (Phi) is 8.40. The summed E-state index contributed by atoms with van der Waals surface area (Å²) in [5.41, 5.74) is 10.6. The largest absolute Gasteiger partial charge is 0.368 e. The molecule has 5 heteroatoms. The molecule has 17 heavy (non-hydrogen) atoms. The van der Waals surface area contributed by atoms with Gasteiger partial charge in [0.05, 0.1) is 6.54 Å². The van der Waals surface area contributed by atoms with E-state index in [2.05, 4.69) is 0 Å². The number of carbonyl (C=O) groups is 2. The van der Waals surface area contributed by atoms with Gasteiger partial charge in [0.1, 0.15) is 0 Å². The maximum absolute atomic E-state index is 12.1. The van der Waals surface area contributed by atoms with Crippen molar-refractivity contribution in [3.63, 3.8) is 0 Å². The first-order chi connectivity index (χ1) is 8.02. The van der Waals surface area contributed by atoms with Gasteiger partial charge in [-0.25, -0.2) is 0 Å². The van der Waals surface area contributed by atoms with Crippen LogP contribution in [0.2, 0.25) is 0 Å². The van der Waals surface area contributed by atoms with Crippen molar-refractivity contribution in [3.05, 3.63) is 0 Å². The molecule has 0 aromatic heterocycles. The van der Waals surface area contributed by atoms with Crippen molar-refractivity contribution in [1.29, 1.82) is 0 Å². The highest BCUT2D eigenvalue weighted by Gasteiger charge is 2.20. The molecule has 1 atom stereocenters. The second-order valence-corrected chi connectivity index (χ2v) is 4.41. The molecule has 100 valence electrons. The third-order valence-electron chi connectivity index (χ3n) is 2.70. The van der Waals surface area contributed by atoms with Crippen LogP contribution in [0.4, 0.5) is 0 Å². The number of hydrogen-bond acceptors (Lipinski definition) is 3. The van der Waals surface area contributed by atoms with Gasteiger partial charge in [-0.05, 0) is 25.8 Å². The number of nitrogens with two attached hydrogens (primary N) is 2. The molecule has 0 saturated carbocycles. The van der Waals surface area contributed by atoms with Gasteiger partial charge in [-0.2, -0.15) is 0 Å². The summed E-state index contributed by atoms with van der Waals surface area (Å²) in [7, 11) is 0. The third-order valence-corrected chi connectivity index (χ3v) is 2.70. The fraction of sp³-hybridized carbons (Fsp3) is 0.833. The molecule has 0 aromatic rings. The minimum Gasteiger partial charge on any atom is -0.368 e. The lowest BCUT2D eigenvalue weighted by Crippen LogP contribution is -2.41. The van der Waals surface area contributed by atoms with Gasteiger partial charge in [0.25, 0.3) is 0 Å². The van der Waals surface area contributed by atoms with E-state index in [0.717, 1.165) is 25.7 Å². The summed E-state index contributed by atoms with van der Waals surface area (Å²) < 4.78 is 0. The van der Waals surface area contributed by atoms with E-state index in [0.29, 0.717) is 13.1 Å². The van der Waals surface area contributed by atoms with E-state index in [-0.39, 0.29) is 18.4 Å². The molecule has 0 rings (SSSR count). The SMILES string of the molecule is CCCCN(CC(N)=O)C(=O)C(C)CCCN. The Labute approximate surface area is 104 Å². The number of nitrogens with zero attached hydrogens (tertiary/aromatic N) is 1. The molecule has 0 bridgehead atoms. The summed E-state index contributed by atoms with van der Waals surface area (Å²) in [6.07, 6.45) is 3.46. The van der Waals surface area contributed by atoms with Gasteiger partial charge in [0, 0.05) is 12.5 Å². The number of hydrogen-bond donors (Lipinski definition) is 2. The molecule has 0 aliphatic heterocycles. The average Bonchev–Trinajstić information content (AvgIpc) is 2.29. The molecule has 0 aliphatic rings. The van der Waals surface area contributed by atoms with E-state index in [1.165, 1.54) is 0 Å². The zero-order valence-corrected chi connectivity index (χ0v) is 10.9. The molecule has 2 amide bonds. The minimum atomic E-state index is -0.458. The molecule has 0 aliphatic carbocycles. The molecular formula is C12H25N3O2. The van der Waals surface area contributed by atoms with E-state index >= 15 is 0 Å². The van der Waals surface area contributed by atoms with E-state index in [1.807, 2.05) is 13.8 Å². The van der Waals surface area contributed by atoms with Crippen molar-refractivity contribution >= 4 is 11.8 Å². The first-order valence-corrected chi connectivity index (χ1v) is 6.30. The van der Waals surface area contributed by atoms with Crippen molar-refractivity contribution in [2.45, 2.75) is 39.5 Å². The Balaban J connectivity index is 4.33. The number of unbranched alkanes of at least 4 members (excludes halogenated alkanes) is 1. The molecule has 0 spiro atoms. The lowest BCUT2D eigenvalue weighted by Gasteiger charge is -2.24. The summed E-state index contributed by atoms with van der Waals surface area (Å²) in [5, 5.41) is 0. The maximum atomic E-state index is 12.1. The van der Waals surface area contributed by atoms with E-state index in [1.54, 1.807) is 4.90 Å². The Bertz CT molecular complexity index is 244. The lowest BCUT2D eigenvalue weighted by atomic mass is 10.0. The highest BCUT2D eigenvalue weighted by atomic mass is 16.2. The van der Waals surface area contributed by atoms with Crippen LogP contribution in [0, 0.1) is 5.92 Å². The van der Waals surface area contributed by atoms with Crippen molar-refractivity contribution in [2.75, 3.05) is 19.6 Å². The van der Waals surface area contributed by atoms with Crippen molar-refractivity contribution in [2.24, 2.45) is 17.4 Å². The summed E-state index contributed by atoms with van der Waals surface area (Å²) in [6, 6.07) is 0. The normalized spacial score (nSPS) is 12.2. The van der Waals surface area contributed by atoms with Crippen LogP contribution in [0.25, 0.3) is 0 Å². The monoisotopic (exact) mass is 243 g/mol. The van der Waals surface area contributed by atoms with Crippen LogP contribution in [0.3, 0.4) is 0 Å². The van der Waals surface area contributed by atoms with Crippen LogP contribution in [0.15, 0.2) is 0 Å². The topological polar surface area (TPSA) is 89.4 Å². The van der Waals surface area contributed by atoms with Crippen LogP contribution in [0.1, 0.15) is 39.5 Å². The number of amides is 2. The zero-order chi connectivity index (χ0) is 13.3. The predicted octanol–water partition coefficient (Wildman–Crippen LogP) is 0.475. The van der Waals surface area contributed by atoms with Gasteiger partial charge < -0.3 is 16.4 Å². The van der Waals surface area contributed by atoms with Crippen LogP contribution < -0.4 is 11.5 Å². The minimum absolute atomic E-state index is 0.00528. The van der Waals surface area contributed by atoms with Crippen molar-refractivity contribution in [3.8, 4) is 0 Å². The molecule has 0 fully saturated rings. The third kappa shape index (κ3) is 6.94. The maximum Gasteiger partial charge on any atom is 0.237 e. The van der Waals surface area contributed by atoms with Gasteiger partial charge in [0.15, 0.2) is 0 Å². The molecule has 0 heterocycles. The molecule has 0 aromatic carbocycles. The van der Waals surface area contributed by atoms with Gasteiger partial charge >= 0.3 is 0 Å². The van der Waals surface area contributed by atoms with Gasteiger partial charge in [-0.3, -0.25) is 9.59 Å². The molecule has 0 radical (unpaired) electrons. The fourth-order valence-electron chi connectivity index (χ4n) is 1.66. The van der Waals surface area contributed by atoms with Crippen LogP contribution in [-0.4, -0.2) is 36.3 Å². The predicted molar refractivity (Wildman–Crippen MR) is 68.1 cm³/mol. The van der Waals surface area contributed by atoms with E-state index in [4.69, 9.17) is 11.5 Å². The highest BCUT2D eigenvalue weighted by Crippen LogP contribution is 2.10. The molecule has 5 nitrogen and oxygen atoms in total. The van der Waals surface area contributed by atoms with Crippen molar-refractivity contribution in [1.82, 2.24) is 4.90 Å². The number of primary amides is 1. The average molecular weight is 243 g/mol. The summed E-state index contributed by atoms with van der Waals surface area (Å²) in [4.78, 5) is 24.6. The summed E-state index contributed by atoms with van der Waals surface area (Å²) in [6.45, 7) is 5.13. The standard InChI is InChI=1S/C12H25N3O2/c1-3-4-8-15(9-11(14)16)12(17)10(2)6-5-7-13/h10H,3-9,13H2,1-2H3,(H2,14,16). The molecule has 1 unspecified atom stereocenters. The number of rotatable bonds is 9. The first-order valence-electron chi connectivity index (χ1n) is 6.30. The quantitative estimate of drug-likeness (QED) is 0.617. The second-order valence-electron chi connectivity index (χ2n) is 4.41. The Morgan fingerprint density at radius 2 is 1.94 bits per heavy atom. The fourth-order valence-corrected chi connectivity index (χ4v) is 1.66. The highest BCUT2D eigenvalue weighted by molar-refractivity contribution is 5.84. The Morgan fingerprint density at radius 3 is 2.41 bits per heavy atom. The summed E-state index contributed by atoms with van der Waals surface area (Å²) in [5.74, 6) is -0.541. The van der Waals surface area contributed by atoms with Gasteiger partial charge in [-0.15, -0.1) is 0 Å². The van der Waals surface area contributed by atoms with E-state index < -0.39 is 5.91 Å². The molecular weight excluding hydrogens is 218 g/mol. The second kappa shape index (κ2) is 8.98. The smallest absolute Gasteiger partial charge is 0.237 e. The van der Waals surface area contributed by atoms with Gasteiger partial charge in [0.2, 0.25) is 11.8 Å². The summed E-state index contributed by atoms with van der Waals surface area (Å²) >= 11 is 0. The van der Waals surface area contributed by atoms with Gasteiger partial charge in [-0.1, -0.05) is 20.3 Å². The molecule has 0 saturated heterocycles.